The van der Waals surface area contributed by atoms with Gasteiger partial charge in [-0.05, 0) is 48.5 Å². The Morgan fingerprint density at radius 3 is 2.28 bits per heavy atom. The van der Waals surface area contributed by atoms with E-state index in [0.29, 0.717) is 17.2 Å². The van der Waals surface area contributed by atoms with Crippen molar-refractivity contribution >= 4 is 17.6 Å². The van der Waals surface area contributed by atoms with Gasteiger partial charge >= 0.3 is 5.97 Å². The van der Waals surface area contributed by atoms with Crippen LogP contribution in [0, 0.1) is 5.82 Å². The summed E-state index contributed by atoms with van der Waals surface area (Å²) in [5.74, 6) is -0.151. The molecule has 0 bridgehead atoms. The van der Waals surface area contributed by atoms with Crippen molar-refractivity contribution in [1.82, 2.24) is 0 Å². The van der Waals surface area contributed by atoms with Gasteiger partial charge < -0.3 is 19.5 Å². The highest BCUT2D eigenvalue weighted by Gasteiger charge is 2.08. The Morgan fingerprint density at radius 2 is 1.64 bits per heavy atom. The lowest BCUT2D eigenvalue weighted by Gasteiger charge is -2.08. The summed E-state index contributed by atoms with van der Waals surface area (Å²) in [6.45, 7) is -0.288. The first-order chi connectivity index (χ1) is 12.1. The molecule has 0 heterocycles. The van der Waals surface area contributed by atoms with E-state index in [4.69, 9.17) is 14.2 Å². The van der Waals surface area contributed by atoms with Crippen molar-refractivity contribution in [2.75, 3.05) is 25.6 Å². The highest BCUT2D eigenvalue weighted by atomic mass is 19.1. The smallest absolute Gasteiger partial charge is 0.309 e. The Bertz CT molecular complexity index is 700. The molecule has 132 valence electrons. The van der Waals surface area contributed by atoms with Crippen LogP contribution in [-0.2, 0) is 14.3 Å². The molecule has 2 rings (SSSR count). The average Bonchev–Trinajstić information content (AvgIpc) is 2.62. The number of methoxy groups -OCH3 is 1. The zero-order valence-electron chi connectivity index (χ0n) is 13.7. The van der Waals surface area contributed by atoms with Crippen molar-refractivity contribution in [3.05, 3.63) is 54.3 Å². The third-order valence-electron chi connectivity index (χ3n) is 3.13. The molecule has 0 aliphatic carbocycles. The van der Waals surface area contributed by atoms with Gasteiger partial charge in [0.15, 0.2) is 6.61 Å². The van der Waals surface area contributed by atoms with Gasteiger partial charge in [-0.3, -0.25) is 9.59 Å². The molecule has 25 heavy (non-hydrogen) atoms. The highest BCUT2D eigenvalue weighted by Crippen LogP contribution is 2.17. The van der Waals surface area contributed by atoms with E-state index >= 15 is 0 Å². The summed E-state index contributed by atoms with van der Waals surface area (Å²) >= 11 is 0. The normalized spacial score (nSPS) is 10.0. The number of carbonyl (C=O) groups is 2. The zero-order chi connectivity index (χ0) is 18.1. The van der Waals surface area contributed by atoms with E-state index in [0.717, 1.165) is 0 Å². The van der Waals surface area contributed by atoms with Gasteiger partial charge in [-0.25, -0.2) is 4.39 Å². The first-order valence-corrected chi connectivity index (χ1v) is 7.55. The molecule has 0 aromatic heterocycles. The van der Waals surface area contributed by atoms with Crippen molar-refractivity contribution in [3.63, 3.8) is 0 Å². The molecule has 0 spiro atoms. The van der Waals surface area contributed by atoms with E-state index in [1.807, 2.05) is 0 Å². The summed E-state index contributed by atoms with van der Waals surface area (Å²) < 4.78 is 28.0. The predicted octanol–water partition coefficient (Wildman–Crippen LogP) is 2.79. The van der Waals surface area contributed by atoms with E-state index < -0.39 is 24.3 Å². The molecule has 6 nitrogen and oxygen atoms in total. The second kappa shape index (κ2) is 9.27. The third-order valence-corrected chi connectivity index (χ3v) is 3.13. The van der Waals surface area contributed by atoms with Crippen LogP contribution in [0.1, 0.15) is 6.42 Å². The van der Waals surface area contributed by atoms with Gasteiger partial charge in [0, 0.05) is 5.69 Å². The van der Waals surface area contributed by atoms with Crippen LogP contribution in [0.25, 0.3) is 0 Å². The standard InChI is InChI=1S/C18H18FNO5/c1-23-15-6-8-16(9-7-15)24-11-10-18(22)25-12-17(21)20-14-4-2-13(19)3-5-14/h2-9H,10-12H2,1H3,(H,20,21). The van der Waals surface area contributed by atoms with Crippen LogP contribution in [0.5, 0.6) is 11.5 Å². The molecule has 0 saturated heterocycles. The Morgan fingerprint density at radius 1 is 1.00 bits per heavy atom. The average molecular weight is 347 g/mol. The Labute approximate surface area is 144 Å². The van der Waals surface area contributed by atoms with Crippen LogP contribution in [0.15, 0.2) is 48.5 Å². The minimum atomic E-state index is -0.553. The van der Waals surface area contributed by atoms with Crippen LogP contribution in [0.2, 0.25) is 0 Å². The molecular weight excluding hydrogens is 329 g/mol. The largest absolute Gasteiger partial charge is 0.497 e. The van der Waals surface area contributed by atoms with Crippen LogP contribution in [0.3, 0.4) is 0 Å². The molecule has 0 saturated carbocycles. The molecule has 0 aliphatic rings. The Hall–Kier alpha value is -3.09. The number of hydrogen-bond acceptors (Lipinski definition) is 5. The SMILES string of the molecule is COc1ccc(OCCC(=O)OCC(=O)Nc2ccc(F)cc2)cc1. The number of nitrogens with one attached hydrogen (secondary N) is 1. The van der Waals surface area contributed by atoms with E-state index in [9.17, 15) is 14.0 Å². The van der Waals surface area contributed by atoms with Gasteiger partial charge in [0.05, 0.1) is 20.1 Å². The van der Waals surface area contributed by atoms with Crippen LogP contribution in [-0.4, -0.2) is 32.2 Å². The number of rotatable bonds is 8. The molecule has 0 unspecified atom stereocenters. The molecule has 0 atom stereocenters. The van der Waals surface area contributed by atoms with E-state index in [1.165, 1.54) is 24.3 Å². The molecule has 1 N–H and O–H groups in total. The fraction of sp³-hybridized carbons (Fsp3) is 0.222. The predicted molar refractivity (Wildman–Crippen MR) is 89.1 cm³/mol. The van der Waals surface area contributed by atoms with Gasteiger partial charge in [-0.15, -0.1) is 0 Å². The van der Waals surface area contributed by atoms with Gasteiger partial charge in [-0.1, -0.05) is 0 Å². The fourth-order valence-electron chi connectivity index (χ4n) is 1.87. The summed E-state index contributed by atoms with van der Waals surface area (Å²) in [4.78, 5) is 23.2. The monoisotopic (exact) mass is 347 g/mol. The maximum Gasteiger partial charge on any atom is 0.309 e. The van der Waals surface area contributed by atoms with Gasteiger partial charge in [0.25, 0.3) is 5.91 Å². The van der Waals surface area contributed by atoms with Gasteiger partial charge in [-0.2, -0.15) is 0 Å². The van der Waals surface area contributed by atoms with Crippen molar-refractivity contribution < 1.29 is 28.2 Å². The van der Waals surface area contributed by atoms with Crippen LogP contribution < -0.4 is 14.8 Å². The summed E-state index contributed by atoms with van der Waals surface area (Å²) in [5.41, 5.74) is 0.422. The number of hydrogen-bond donors (Lipinski definition) is 1. The summed E-state index contributed by atoms with van der Waals surface area (Å²) in [7, 11) is 1.57. The highest BCUT2D eigenvalue weighted by molar-refractivity contribution is 5.92. The second-order valence-corrected chi connectivity index (χ2v) is 4.99. The summed E-state index contributed by atoms with van der Waals surface area (Å²) in [5, 5.41) is 2.49. The second-order valence-electron chi connectivity index (χ2n) is 4.99. The Kier molecular flexibility index (Phi) is 6.76. The van der Waals surface area contributed by atoms with E-state index in [-0.39, 0.29) is 13.0 Å². The quantitative estimate of drug-likeness (QED) is 0.743. The number of carbonyl (C=O) groups excluding carboxylic acids is 2. The number of anilines is 1. The van der Waals surface area contributed by atoms with Crippen LogP contribution >= 0.6 is 0 Å². The van der Waals surface area contributed by atoms with Crippen LogP contribution in [0.4, 0.5) is 10.1 Å². The number of ether oxygens (including phenoxy) is 3. The molecule has 0 aliphatic heterocycles. The summed E-state index contributed by atoms with van der Waals surface area (Å²) in [6, 6.07) is 12.2. The lowest BCUT2D eigenvalue weighted by molar-refractivity contribution is -0.147. The third kappa shape index (κ3) is 6.50. The first kappa shape index (κ1) is 18.3. The van der Waals surface area contributed by atoms with Crippen molar-refractivity contribution in [2.45, 2.75) is 6.42 Å². The minimum Gasteiger partial charge on any atom is -0.497 e. The maximum absolute atomic E-state index is 12.8. The number of amides is 1. The van der Waals surface area contributed by atoms with Gasteiger partial charge in [0.2, 0.25) is 0 Å². The van der Waals surface area contributed by atoms with Crippen molar-refractivity contribution in [1.29, 1.82) is 0 Å². The molecule has 0 radical (unpaired) electrons. The van der Waals surface area contributed by atoms with Crippen molar-refractivity contribution in [3.8, 4) is 11.5 Å². The molecule has 2 aromatic rings. The fourth-order valence-corrected chi connectivity index (χ4v) is 1.87. The summed E-state index contributed by atoms with van der Waals surface area (Å²) in [6.07, 6.45) is 0.00978. The molecular formula is C18H18FNO5. The number of halogens is 1. The Balaban J connectivity index is 1.64. The number of benzene rings is 2. The topological polar surface area (TPSA) is 73.9 Å². The lowest BCUT2D eigenvalue weighted by Crippen LogP contribution is -2.21. The molecule has 2 aromatic carbocycles. The van der Waals surface area contributed by atoms with E-state index in [1.54, 1.807) is 31.4 Å². The van der Waals surface area contributed by atoms with E-state index in [2.05, 4.69) is 5.32 Å². The minimum absolute atomic E-state index is 0.00978. The first-order valence-electron chi connectivity index (χ1n) is 7.55. The molecule has 7 heteroatoms. The lowest BCUT2D eigenvalue weighted by atomic mass is 10.3. The molecule has 0 fully saturated rings. The zero-order valence-corrected chi connectivity index (χ0v) is 13.7. The van der Waals surface area contributed by atoms with Crippen molar-refractivity contribution in [2.24, 2.45) is 0 Å². The number of esters is 1. The van der Waals surface area contributed by atoms with Gasteiger partial charge in [0.1, 0.15) is 17.3 Å². The molecule has 1 amide bonds. The maximum atomic E-state index is 12.8.